The van der Waals surface area contributed by atoms with E-state index in [0.717, 1.165) is 70.6 Å². The van der Waals surface area contributed by atoms with Gasteiger partial charge in [0.2, 0.25) is 5.91 Å². The highest BCUT2D eigenvalue weighted by molar-refractivity contribution is 5.80. The maximum atomic E-state index is 13.4. The molecule has 1 heterocycles. The van der Waals surface area contributed by atoms with Crippen molar-refractivity contribution in [3.63, 3.8) is 0 Å². The van der Waals surface area contributed by atoms with Crippen LogP contribution in [-0.2, 0) is 23.8 Å². The molecule has 0 aromatic carbocycles. The van der Waals surface area contributed by atoms with Gasteiger partial charge in [0.1, 0.15) is 24.4 Å². The summed E-state index contributed by atoms with van der Waals surface area (Å²) in [6.07, 6.45) is 60.6. The Hall–Kier alpha value is -2.12. The molecule has 0 spiro atoms. The lowest BCUT2D eigenvalue weighted by molar-refractivity contribution is -0.305. The van der Waals surface area contributed by atoms with Crippen LogP contribution in [0.1, 0.15) is 335 Å². The van der Waals surface area contributed by atoms with Crippen LogP contribution < -0.4 is 5.32 Å². The fourth-order valence-electron chi connectivity index (χ4n) is 11.0. The van der Waals surface area contributed by atoms with Crippen molar-refractivity contribution < 1.29 is 49.3 Å². The van der Waals surface area contributed by atoms with Gasteiger partial charge < -0.3 is 45.1 Å². The molecule has 1 saturated heterocycles. The van der Waals surface area contributed by atoms with Gasteiger partial charge in [0, 0.05) is 6.42 Å². The summed E-state index contributed by atoms with van der Waals surface area (Å²) in [7, 11) is 0. The normalized spacial score (nSPS) is 18.8. The number of allylic oxidation sites excluding steroid dienone is 5. The minimum Gasteiger partial charge on any atom is -0.454 e. The van der Waals surface area contributed by atoms with Crippen LogP contribution in [0.15, 0.2) is 36.5 Å². The third-order valence-corrected chi connectivity index (χ3v) is 16.5. The largest absolute Gasteiger partial charge is 0.454 e. The average Bonchev–Trinajstić information content (AvgIpc) is 3.50. The minimum atomic E-state index is -1.61. The van der Waals surface area contributed by atoms with Crippen molar-refractivity contribution >= 4 is 11.9 Å². The summed E-state index contributed by atoms with van der Waals surface area (Å²) < 4.78 is 17.7. The lowest BCUT2D eigenvalue weighted by Crippen LogP contribution is -2.61. The number of aliphatic hydroxyl groups is 5. The van der Waals surface area contributed by atoms with Crippen molar-refractivity contribution in [1.29, 1.82) is 0 Å². The van der Waals surface area contributed by atoms with E-state index in [1.54, 1.807) is 6.08 Å². The lowest BCUT2D eigenvalue weighted by atomic mass is 9.99. The average molecular weight is 1150 g/mol. The van der Waals surface area contributed by atoms with Crippen LogP contribution in [0.5, 0.6) is 0 Å². The quantitative estimate of drug-likeness (QED) is 0.0195. The molecule has 8 atom stereocenters. The van der Waals surface area contributed by atoms with Gasteiger partial charge in [-0.3, -0.25) is 9.59 Å². The molecule has 0 saturated carbocycles. The van der Waals surface area contributed by atoms with Gasteiger partial charge >= 0.3 is 5.97 Å². The molecule has 81 heavy (non-hydrogen) atoms. The number of ether oxygens (including phenoxy) is 3. The summed E-state index contributed by atoms with van der Waals surface area (Å²) in [5.41, 5.74) is 0. The van der Waals surface area contributed by atoms with Crippen LogP contribution >= 0.6 is 0 Å². The highest BCUT2D eigenvalue weighted by Gasteiger charge is 2.47. The molecule has 1 fully saturated rings. The fraction of sp³-hybridized carbons (Fsp3) is 0.886. The maximum Gasteiger partial charge on any atom is 0.306 e. The fourth-order valence-corrected chi connectivity index (χ4v) is 11.0. The van der Waals surface area contributed by atoms with Crippen LogP contribution in [0, 0.1) is 0 Å². The Morgan fingerprint density at radius 2 is 0.815 bits per heavy atom. The molecule has 476 valence electrons. The highest BCUT2D eigenvalue weighted by Crippen LogP contribution is 2.26. The Balaban J connectivity index is 2.51. The van der Waals surface area contributed by atoms with Gasteiger partial charge in [0.15, 0.2) is 12.4 Å². The van der Waals surface area contributed by atoms with E-state index >= 15 is 0 Å². The SMILES string of the molecule is CCCCCC/C=C\CCCCCCCCC(O)C(=O)NC(COC1OC(CO)C(O)C(O)C1OC(=O)CCCCCCCCCCCCCCCCCCC/C=C/CCCCCCCC)C(O)/C=C/CCCCCCCCCCC. The lowest BCUT2D eigenvalue weighted by Gasteiger charge is -2.41. The number of nitrogens with one attached hydrogen (secondary N) is 1. The molecule has 1 aliphatic heterocycles. The van der Waals surface area contributed by atoms with Gasteiger partial charge in [0.05, 0.1) is 25.4 Å². The van der Waals surface area contributed by atoms with Gasteiger partial charge in [-0.2, -0.15) is 0 Å². The molecule has 0 aromatic rings. The first-order chi connectivity index (χ1) is 39.7. The Morgan fingerprint density at radius 3 is 1.21 bits per heavy atom. The van der Waals surface area contributed by atoms with Crippen LogP contribution in [0.3, 0.4) is 0 Å². The molecule has 1 rings (SSSR count). The molecule has 6 N–H and O–H groups in total. The van der Waals surface area contributed by atoms with Crippen molar-refractivity contribution in [2.75, 3.05) is 13.2 Å². The maximum absolute atomic E-state index is 13.4. The molecule has 0 aliphatic carbocycles. The zero-order chi connectivity index (χ0) is 58.9. The summed E-state index contributed by atoms with van der Waals surface area (Å²) >= 11 is 0. The minimum absolute atomic E-state index is 0.127. The molecule has 1 amide bonds. The first-order valence-corrected chi connectivity index (χ1v) is 34.8. The number of hydrogen-bond acceptors (Lipinski definition) is 10. The van der Waals surface area contributed by atoms with Crippen molar-refractivity contribution in [2.24, 2.45) is 0 Å². The summed E-state index contributed by atoms with van der Waals surface area (Å²) in [5.74, 6) is -1.19. The van der Waals surface area contributed by atoms with Crippen LogP contribution in [-0.4, -0.2) is 99.6 Å². The van der Waals surface area contributed by atoms with E-state index in [0.29, 0.717) is 12.8 Å². The molecule has 0 bridgehead atoms. The number of esters is 1. The van der Waals surface area contributed by atoms with Crippen molar-refractivity contribution in [3.05, 3.63) is 36.5 Å². The monoisotopic (exact) mass is 1150 g/mol. The predicted molar refractivity (Wildman–Crippen MR) is 338 cm³/mol. The van der Waals surface area contributed by atoms with E-state index in [4.69, 9.17) is 14.2 Å². The second-order valence-electron chi connectivity index (χ2n) is 24.3. The Kier molecular flexibility index (Phi) is 55.3. The number of amides is 1. The Labute approximate surface area is 498 Å². The number of hydrogen-bond donors (Lipinski definition) is 6. The van der Waals surface area contributed by atoms with E-state index in [1.807, 2.05) is 6.08 Å². The number of rotatable bonds is 60. The third-order valence-electron chi connectivity index (χ3n) is 16.5. The standard InChI is InChI=1S/C70H131NO10/c1-4-7-10-13-16-19-22-24-26-27-28-29-30-31-32-33-34-35-36-37-38-40-43-46-49-52-55-58-65(75)81-68-67(77)66(76)64(59-72)80-70(68)79-60-61(62(73)56-53-50-47-44-41-21-18-15-12-9-6-3)71-69(78)63(74)57-54-51-48-45-42-39-25-23-20-17-14-11-8-5-2/h20,23-24,26,53,56,61-64,66-68,70,72-74,76-77H,4-19,21-22,25,27-52,54-55,57-60H2,1-3H3,(H,71,78)/b23-20-,26-24+,56-53+. The van der Waals surface area contributed by atoms with Gasteiger partial charge in [-0.25, -0.2) is 0 Å². The van der Waals surface area contributed by atoms with Gasteiger partial charge in [0.25, 0.3) is 0 Å². The van der Waals surface area contributed by atoms with Gasteiger partial charge in [-0.05, 0) is 77.0 Å². The molecular formula is C70H131NO10. The van der Waals surface area contributed by atoms with E-state index in [1.165, 1.54) is 218 Å². The molecule has 11 nitrogen and oxygen atoms in total. The zero-order valence-corrected chi connectivity index (χ0v) is 52.9. The third kappa shape index (κ3) is 45.9. The Bertz CT molecular complexity index is 1460. The van der Waals surface area contributed by atoms with E-state index in [2.05, 4.69) is 50.4 Å². The van der Waals surface area contributed by atoms with Crippen LogP contribution in [0.2, 0.25) is 0 Å². The van der Waals surface area contributed by atoms with E-state index < -0.39 is 67.4 Å². The number of aliphatic hydroxyl groups excluding tert-OH is 5. The second kappa shape index (κ2) is 58.3. The summed E-state index contributed by atoms with van der Waals surface area (Å²) in [4.78, 5) is 26.6. The number of carbonyl (C=O) groups is 2. The molecular weight excluding hydrogens is 1010 g/mol. The van der Waals surface area contributed by atoms with Crippen molar-refractivity contribution in [1.82, 2.24) is 5.32 Å². The van der Waals surface area contributed by atoms with Gasteiger partial charge in [-0.1, -0.05) is 288 Å². The second-order valence-corrected chi connectivity index (χ2v) is 24.3. The summed E-state index contributed by atoms with van der Waals surface area (Å²) in [6, 6.07) is -1.02. The summed E-state index contributed by atoms with van der Waals surface area (Å²) in [5, 5.41) is 57.1. The highest BCUT2D eigenvalue weighted by atomic mass is 16.7. The predicted octanol–water partition coefficient (Wildman–Crippen LogP) is 17.4. The zero-order valence-electron chi connectivity index (χ0n) is 52.9. The summed E-state index contributed by atoms with van der Waals surface area (Å²) in [6.45, 7) is 5.80. The molecule has 1 aliphatic rings. The van der Waals surface area contributed by atoms with E-state index in [-0.39, 0.29) is 19.4 Å². The van der Waals surface area contributed by atoms with Crippen LogP contribution in [0.25, 0.3) is 0 Å². The van der Waals surface area contributed by atoms with Gasteiger partial charge in [-0.15, -0.1) is 0 Å². The first kappa shape index (κ1) is 76.9. The topological polar surface area (TPSA) is 175 Å². The molecule has 11 heteroatoms. The first-order valence-electron chi connectivity index (χ1n) is 34.8. The number of unbranched alkanes of at least 4 members (excludes halogenated alkanes) is 42. The smallest absolute Gasteiger partial charge is 0.306 e. The number of carbonyl (C=O) groups excluding carboxylic acids is 2. The molecule has 0 aromatic heterocycles. The molecule has 8 unspecified atom stereocenters. The van der Waals surface area contributed by atoms with Crippen molar-refractivity contribution in [2.45, 2.75) is 384 Å². The molecule has 0 radical (unpaired) electrons. The van der Waals surface area contributed by atoms with E-state index in [9.17, 15) is 35.1 Å². The van der Waals surface area contributed by atoms with Crippen molar-refractivity contribution in [3.8, 4) is 0 Å². The Morgan fingerprint density at radius 1 is 0.469 bits per heavy atom. The van der Waals surface area contributed by atoms with Crippen LogP contribution in [0.4, 0.5) is 0 Å².